The van der Waals surface area contributed by atoms with Crippen molar-refractivity contribution >= 4 is 36.4 Å². The van der Waals surface area contributed by atoms with Crippen LogP contribution in [0.1, 0.15) is 25.3 Å². The minimum Gasteiger partial charge on any atom is -0.381 e. The van der Waals surface area contributed by atoms with Gasteiger partial charge >= 0.3 is 0 Å². The van der Waals surface area contributed by atoms with Gasteiger partial charge in [-0.3, -0.25) is 4.79 Å². The highest BCUT2D eigenvalue weighted by atomic mass is 35.5. The van der Waals surface area contributed by atoms with Crippen molar-refractivity contribution in [3.63, 3.8) is 0 Å². The molecule has 144 valence electrons. The Balaban J connectivity index is 0.00000288. The van der Waals surface area contributed by atoms with Crippen LogP contribution in [0.25, 0.3) is 0 Å². The predicted molar refractivity (Wildman–Crippen MR) is 108 cm³/mol. The van der Waals surface area contributed by atoms with Crippen molar-refractivity contribution in [3.05, 3.63) is 29.8 Å². The first-order valence-electron chi connectivity index (χ1n) is 8.54. The maximum Gasteiger partial charge on any atom is 0.237 e. The molecule has 1 atom stereocenters. The van der Waals surface area contributed by atoms with E-state index in [2.05, 4.69) is 48.3 Å². The number of aryl methyl sites for hydroxylation is 1. The topological polar surface area (TPSA) is 67.6 Å². The van der Waals surface area contributed by atoms with Crippen molar-refractivity contribution in [1.82, 2.24) is 5.32 Å². The lowest BCUT2D eigenvalue weighted by Gasteiger charge is -2.27. The fraction of sp³-hybridized carbons (Fsp3) is 0.611. The van der Waals surface area contributed by atoms with E-state index in [1.165, 1.54) is 11.3 Å². The Morgan fingerprint density at radius 2 is 2.04 bits per heavy atom. The number of nitrogens with zero attached hydrogens (tertiary/aromatic N) is 1. The van der Waals surface area contributed by atoms with Gasteiger partial charge in [0.1, 0.15) is 0 Å². The zero-order valence-corrected chi connectivity index (χ0v) is 16.7. The summed E-state index contributed by atoms with van der Waals surface area (Å²) in [4.78, 5) is 14.5. The van der Waals surface area contributed by atoms with Gasteiger partial charge in [-0.2, -0.15) is 0 Å². The lowest BCUT2D eigenvalue weighted by atomic mass is 9.92. The largest absolute Gasteiger partial charge is 0.381 e. The summed E-state index contributed by atoms with van der Waals surface area (Å²) >= 11 is 0. The third-order valence-corrected chi connectivity index (χ3v) is 4.51. The maximum absolute atomic E-state index is 12.2. The number of hydrogen-bond acceptors (Lipinski definition) is 4. The average molecular weight is 392 g/mol. The van der Waals surface area contributed by atoms with Crippen LogP contribution in [0.2, 0.25) is 0 Å². The second kappa shape index (κ2) is 12.4. The molecule has 0 aliphatic carbocycles. The summed E-state index contributed by atoms with van der Waals surface area (Å²) in [5, 5.41) is 2.98. The van der Waals surface area contributed by atoms with Gasteiger partial charge in [-0.1, -0.05) is 12.1 Å². The quantitative estimate of drug-likeness (QED) is 0.749. The van der Waals surface area contributed by atoms with E-state index in [9.17, 15) is 4.79 Å². The Morgan fingerprint density at radius 1 is 1.36 bits per heavy atom. The summed E-state index contributed by atoms with van der Waals surface area (Å²) in [5.74, 6) is 0.194. The Morgan fingerprint density at radius 3 is 2.64 bits per heavy atom. The maximum atomic E-state index is 12.2. The van der Waals surface area contributed by atoms with Gasteiger partial charge in [0, 0.05) is 38.5 Å². The number of nitrogens with one attached hydrogen (secondary N) is 1. The lowest BCUT2D eigenvalue weighted by molar-refractivity contribution is -0.124. The zero-order chi connectivity index (χ0) is 16.7. The molecular weight excluding hydrogens is 361 g/mol. The van der Waals surface area contributed by atoms with Crippen molar-refractivity contribution in [3.8, 4) is 0 Å². The molecule has 2 rings (SSSR count). The summed E-state index contributed by atoms with van der Waals surface area (Å²) in [6.45, 7) is 7.93. The molecule has 0 spiro atoms. The van der Waals surface area contributed by atoms with Crippen LogP contribution in [-0.2, 0) is 9.53 Å². The highest BCUT2D eigenvalue weighted by molar-refractivity contribution is 5.85. The molecule has 0 radical (unpaired) electrons. The van der Waals surface area contributed by atoms with Gasteiger partial charge in [0.15, 0.2) is 0 Å². The molecule has 1 aromatic carbocycles. The molecule has 1 saturated heterocycles. The molecule has 0 aromatic heterocycles. The van der Waals surface area contributed by atoms with E-state index >= 15 is 0 Å². The Hall–Kier alpha value is -1.01. The summed E-state index contributed by atoms with van der Waals surface area (Å²) in [6.07, 6.45) is 1.75. The van der Waals surface area contributed by atoms with E-state index < -0.39 is 6.04 Å². The number of carbonyl (C=O) groups excluding carboxylic acids is 1. The standard InChI is InChI=1S/C18H29N3O2.2ClH/c1-3-21(16-6-4-5-14(2)13-16)10-9-20-18(22)17(19)15-7-11-23-12-8-15;;/h4-6,13,15,17H,3,7-12,19H2,1-2H3,(H,20,22);2*1H. The van der Waals surface area contributed by atoms with Crippen molar-refractivity contribution in [2.75, 3.05) is 37.7 Å². The fourth-order valence-corrected chi connectivity index (χ4v) is 3.02. The lowest BCUT2D eigenvalue weighted by Crippen LogP contribution is -2.48. The molecule has 3 N–H and O–H groups in total. The van der Waals surface area contributed by atoms with Gasteiger partial charge in [-0.25, -0.2) is 0 Å². The molecule has 1 fully saturated rings. The summed E-state index contributed by atoms with van der Waals surface area (Å²) in [6, 6.07) is 8.00. The Kier molecular flexibility index (Phi) is 11.9. The van der Waals surface area contributed by atoms with E-state index in [0.717, 1.165) is 25.9 Å². The first-order chi connectivity index (χ1) is 11.1. The first kappa shape index (κ1) is 24.0. The van der Waals surface area contributed by atoms with Crippen LogP contribution in [0.4, 0.5) is 5.69 Å². The second-order valence-electron chi connectivity index (χ2n) is 6.19. The molecule has 25 heavy (non-hydrogen) atoms. The first-order valence-corrected chi connectivity index (χ1v) is 8.54. The second-order valence-corrected chi connectivity index (χ2v) is 6.19. The van der Waals surface area contributed by atoms with Crippen LogP contribution in [0.5, 0.6) is 0 Å². The molecule has 1 aliphatic heterocycles. The third kappa shape index (κ3) is 7.40. The van der Waals surface area contributed by atoms with Crippen molar-refractivity contribution in [1.29, 1.82) is 0 Å². The van der Waals surface area contributed by atoms with Gasteiger partial charge in [-0.05, 0) is 50.3 Å². The predicted octanol–water partition coefficient (Wildman–Crippen LogP) is 2.54. The van der Waals surface area contributed by atoms with E-state index in [4.69, 9.17) is 10.5 Å². The molecule has 5 nitrogen and oxygen atoms in total. The Labute approximate surface area is 163 Å². The number of rotatable bonds is 7. The number of halogens is 2. The summed E-state index contributed by atoms with van der Waals surface area (Å²) in [5.41, 5.74) is 8.52. The average Bonchev–Trinajstić information content (AvgIpc) is 2.58. The summed E-state index contributed by atoms with van der Waals surface area (Å²) < 4.78 is 5.32. The van der Waals surface area contributed by atoms with E-state index in [0.29, 0.717) is 19.8 Å². The van der Waals surface area contributed by atoms with Gasteiger partial charge in [0.05, 0.1) is 6.04 Å². The number of hydrogen-bond donors (Lipinski definition) is 2. The summed E-state index contributed by atoms with van der Waals surface area (Å²) in [7, 11) is 0. The molecular formula is C18H31Cl2N3O2. The highest BCUT2D eigenvalue weighted by Crippen LogP contribution is 2.18. The van der Waals surface area contributed by atoms with Crippen molar-refractivity contribution in [2.24, 2.45) is 11.7 Å². The van der Waals surface area contributed by atoms with Gasteiger partial charge < -0.3 is 20.7 Å². The van der Waals surface area contributed by atoms with Crippen LogP contribution < -0.4 is 16.0 Å². The minimum absolute atomic E-state index is 0. The van der Waals surface area contributed by atoms with Crippen LogP contribution in [0.3, 0.4) is 0 Å². The van der Waals surface area contributed by atoms with Crippen LogP contribution >= 0.6 is 24.8 Å². The number of nitrogens with two attached hydrogens (primary N) is 1. The molecule has 0 saturated carbocycles. The highest BCUT2D eigenvalue weighted by Gasteiger charge is 2.26. The Bertz CT molecular complexity index is 511. The number of anilines is 1. The van der Waals surface area contributed by atoms with Gasteiger partial charge in [-0.15, -0.1) is 24.8 Å². The van der Waals surface area contributed by atoms with Gasteiger partial charge in [0.25, 0.3) is 0 Å². The molecule has 1 aromatic rings. The molecule has 1 amide bonds. The smallest absolute Gasteiger partial charge is 0.237 e. The van der Waals surface area contributed by atoms with Crippen LogP contribution in [-0.4, -0.2) is 44.8 Å². The van der Waals surface area contributed by atoms with Crippen molar-refractivity contribution in [2.45, 2.75) is 32.7 Å². The monoisotopic (exact) mass is 391 g/mol. The normalized spacial score (nSPS) is 15.5. The van der Waals surface area contributed by atoms with E-state index in [-0.39, 0.29) is 36.6 Å². The molecule has 1 heterocycles. The number of ether oxygens (including phenoxy) is 1. The number of amides is 1. The molecule has 0 bridgehead atoms. The third-order valence-electron chi connectivity index (χ3n) is 4.51. The van der Waals surface area contributed by atoms with Crippen LogP contribution in [0, 0.1) is 12.8 Å². The SMILES string of the molecule is CCN(CCNC(=O)C(N)C1CCOCC1)c1cccc(C)c1.Cl.Cl. The number of likely N-dealkylation sites (N-methyl/N-ethyl adjacent to an activating group) is 1. The number of benzene rings is 1. The van der Waals surface area contributed by atoms with E-state index in [1.807, 2.05) is 0 Å². The van der Waals surface area contributed by atoms with Crippen molar-refractivity contribution < 1.29 is 9.53 Å². The number of carbonyl (C=O) groups is 1. The fourth-order valence-electron chi connectivity index (χ4n) is 3.02. The molecule has 1 aliphatic rings. The minimum atomic E-state index is -0.423. The van der Waals surface area contributed by atoms with Gasteiger partial charge in [0.2, 0.25) is 5.91 Å². The zero-order valence-electron chi connectivity index (χ0n) is 15.1. The van der Waals surface area contributed by atoms with Crippen LogP contribution in [0.15, 0.2) is 24.3 Å². The molecule has 7 heteroatoms. The molecule has 1 unspecified atom stereocenters. The van der Waals surface area contributed by atoms with E-state index in [1.54, 1.807) is 0 Å².